The number of benzene rings is 1. The third-order valence-electron chi connectivity index (χ3n) is 2.05. The van der Waals surface area contributed by atoms with Gasteiger partial charge >= 0.3 is 5.97 Å². The number of amides is 1. The summed E-state index contributed by atoms with van der Waals surface area (Å²) < 4.78 is 0. The summed E-state index contributed by atoms with van der Waals surface area (Å²) in [6.45, 7) is 1.43. The highest BCUT2D eigenvalue weighted by molar-refractivity contribution is 7.98. The smallest absolute Gasteiger partial charge is 0.325 e. The third kappa shape index (κ3) is 3.27. The van der Waals surface area contributed by atoms with Gasteiger partial charge in [0.1, 0.15) is 6.04 Å². The van der Waals surface area contributed by atoms with Crippen LogP contribution in [-0.2, 0) is 4.79 Å². The molecule has 0 aliphatic rings. The summed E-state index contributed by atoms with van der Waals surface area (Å²) in [5, 5.41) is 11.1. The van der Waals surface area contributed by atoms with E-state index >= 15 is 0 Å². The lowest BCUT2D eigenvalue weighted by molar-refractivity contribution is -0.138. The van der Waals surface area contributed by atoms with Gasteiger partial charge in [-0.3, -0.25) is 9.59 Å². The fourth-order valence-electron chi connectivity index (χ4n) is 1.11. The highest BCUT2D eigenvalue weighted by atomic mass is 32.2. The van der Waals surface area contributed by atoms with Crippen LogP contribution in [0.3, 0.4) is 0 Å². The van der Waals surface area contributed by atoms with Crippen molar-refractivity contribution in [3.63, 3.8) is 0 Å². The Kier molecular flexibility index (Phi) is 4.37. The van der Waals surface area contributed by atoms with Crippen molar-refractivity contribution < 1.29 is 14.7 Å². The van der Waals surface area contributed by atoms with Gasteiger partial charge in [0.05, 0.1) is 0 Å². The molecule has 4 nitrogen and oxygen atoms in total. The Morgan fingerprint density at radius 1 is 1.44 bits per heavy atom. The SMILES string of the molecule is CSc1cccc(C(=O)NC(C)C(=O)O)c1. The molecule has 16 heavy (non-hydrogen) atoms. The van der Waals surface area contributed by atoms with E-state index in [-0.39, 0.29) is 5.91 Å². The van der Waals surface area contributed by atoms with Crippen LogP contribution in [0.25, 0.3) is 0 Å². The van der Waals surface area contributed by atoms with Crippen molar-refractivity contribution in [2.45, 2.75) is 17.9 Å². The van der Waals surface area contributed by atoms with Crippen LogP contribution in [0.5, 0.6) is 0 Å². The number of carboxylic acid groups (broad SMARTS) is 1. The first-order valence-electron chi connectivity index (χ1n) is 4.72. The van der Waals surface area contributed by atoms with Gasteiger partial charge in [0.25, 0.3) is 5.91 Å². The molecule has 1 atom stereocenters. The molecule has 0 fully saturated rings. The maximum absolute atomic E-state index is 11.6. The van der Waals surface area contributed by atoms with Crippen LogP contribution in [0.4, 0.5) is 0 Å². The molecule has 0 bridgehead atoms. The summed E-state index contributed by atoms with van der Waals surface area (Å²) in [4.78, 5) is 23.2. The number of carbonyl (C=O) groups is 2. The summed E-state index contributed by atoms with van der Waals surface area (Å²) >= 11 is 1.53. The van der Waals surface area contributed by atoms with E-state index in [0.29, 0.717) is 5.56 Å². The van der Waals surface area contributed by atoms with Gasteiger partial charge in [-0.05, 0) is 31.4 Å². The van der Waals surface area contributed by atoms with Crippen molar-refractivity contribution in [3.05, 3.63) is 29.8 Å². The van der Waals surface area contributed by atoms with Crippen LogP contribution in [-0.4, -0.2) is 29.3 Å². The van der Waals surface area contributed by atoms with Crippen LogP contribution < -0.4 is 5.32 Å². The molecule has 0 aliphatic carbocycles. The third-order valence-corrected chi connectivity index (χ3v) is 2.78. The topological polar surface area (TPSA) is 66.4 Å². The molecule has 0 radical (unpaired) electrons. The van der Waals surface area contributed by atoms with E-state index in [2.05, 4.69) is 5.32 Å². The van der Waals surface area contributed by atoms with Crippen molar-refractivity contribution >= 4 is 23.6 Å². The minimum atomic E-state index is -1.05. The molecule has 1 aromatic carbocycles. The molecule has 1 rings (SSSR count). The van der Waals surface area contributed by atoms with Crippen molar-refractivity contribution in [1.29, 1.82) is 0 Å². The van der Waals surface area contributed by atoms with Crippen LogP contribution in [0, 0.1) is 0 Å². The highest BCUT2D eigenvalue weighted by Crippen LogP contribution is 2.15. The molecule has 5 heteroatoms. The Hall–Kier alpha value is -1.49. The number of hydrogen-bond acceptors (Lipinski definition) is 3. The van der Waals surface area contributed by atoms with Crippen LogP contribution >= 0.6 is 11.8 Å². The molecular weight excluding hydrogens is 226 g/mol. The summed E-state index contributed by atoms with van der Waals surface area (Å²) in [6, 6.07) is 6.16. The quantitative estimate of drug-likeness (QED) is 0.783. The molecule has 86 valence electrons. The highest BCUT2D eigenvalue weighted by Gasteiger charge is 2.15. The lowest BCUT2D eigenvalue weighted by Gasteiger charge is -2.09. The molecule has 0 spiro atoms. The van der Waals surface area contributed by atoms with Crippen LogP contribution in [0.2, 0.25) is 0 Å². The largest absolute Gasteiger partial charge is 0.480 e. The van der Waals surface area contributed by atoms with Crippen molar-refractivity contribution in [3.8, 4) is 0 Å². The molecule has 0 aromatic heterocycles. The Morgan fingerprint density at radius 3 is 2.69 bits per heavy atom. The molecule has 1 unspecified atom stereocenters. The summed E-state index contributed by atoms with van der Waals surface area (Å²) in [5.74, 6) is -1.42. The predicted octanol–water partition coefficient (Wildman–Crippen LogP) is 1.61. The van der Waals surface area contributed by atoms with Crippen molar-refractivity contribution in [2.24, 2.45) is 0 Å². The molecule has 0 aliphatic heterocycles. The molecule has 1 aromatic rings. The van der Waals surface area contributed by atoms with Gasteiger partial charge in [-0.1, -0.05) is 6.07 Å². The second-order valence-corrected chi connectivity index (χ2v) is 4.14. The first-order chi connectivity index (χ1) is 7.54. The number of rotatable bonds is 4. The van der Waals surface area contributed by atoms with Crippen molar-refractivity contribution in [2.75, 3.05) is 6.26 Å². The molecule has 2 N–H and O–H groups in total. The number of thioether (sulfide) groups is 1. The maximum Gasteiger partial charge on any atom is 0.325 e. The zero-order valence-electron chi connectivity index (χ0n) is 9.06. The van der Waals surface area contributed by atoms with E-state index in [9.17, 15) is 9.59 Å². The Labute approximate surface area is 98.0 Å². The van der Waals surface area contributed by atoms with Gasteiger partial charge in [-0.15, -0.1) is 11.8 Å². The normalized spacial score (nSPS) is 11.9. The van der Waals surface area contributed by atoms with Gasteiger partial charge in [0.2, 0.25) is 0 Å². The van der Waals surface area contributed by atoms with Gasteiger partial charge < -0.3 is 10.4 Å². The average molecular weight is 239 g/mol. The van der Waals surface area contributed by atoms with E-state index in [1.54, 1.807) is 18.2 Å². The number of aliphatic carboxylic acids is 1. The minimum absolute atomic E-state index is 0.370. The predicted molar refractivity (Wildman–Crippen MR) is 62.8 cm³/mol. The second-order valence-electron chi connectivity index (χ2n) is 3.27. The van der Waals surface area contributed by atoms with E-state index in [1.165, 1.54) is 18.7 Å². The van der Waals surface area contributed by atoms with Gasteiger partial charge in [0, 0.05) is 10.5 Å². The summed E-state index contributed by atoms with van der Waals surface area (Å²) in [5.41, 5.74) is 0.472. The fraction of sp³-hybridized carbons (Fsp3) is 0.273. The Balaban J connectivity index is 2.76. The first-order valence-corrected chi connectivity index (χ1v) is 5.95. The Morgan fingerprint density at radius 2 is 2.12 bits per heavy atom. The van der Waals surface area contributed by atoms with Gasteiger partial charge in [-0.2, -0.15) is 0 Å². The van der Waals surface area contributed by atoms with Crippen LogP contribution in [0.15, 0.2) is 29.2 Å². The number of hydrogen-bond donors (Lipinski definition) is 2. The summed E-state index contributed by atoms with van der Waals surface area (Å²) in [7, 11) is 0. The molecule has 0 saturated carbocycles. The molecule has 0 heterocycles. The monoisotopic (exact) mass is 239 g/mol. The molecule has 0 saturated heterocycles. The van der Waals surface area contributed by atoms with Gasteiger partial charge in [-0.25, -0.2) is 0 Å². The fourth-order valence-corrected chi connectivity index (χ4v) is 1.57. The zero-order valence-corrected chi connectivity index (χ0v) is 9.88. The minimum Gasteiger partial charge on any atom is -0.480 e. The maximum atomic E-state index is 11.6. The summed E-state index contributed by atoms with van der Waals surface area (Å²) in [6.07, 6.45) is 1.91. The Bertz CT molecular complexity index is 406. The van der Waals surface area contributed by atoms with Crippen LogP contribution in [0.1, 0.15) is 17.3 Å². The lowest BCUT2D eigenvalue weighted by atomic mass is 10.2. The lowest BCUT2D eigenvalue weighted by Crippen LogP contribution is -2.38. The number of carbonyl (C=O) groups excluding carboxylic acids is 1. The number of nitrogens with one attached hydrogen (secondary N) is 1. The standard InChI is InChI=1S/C11H13NO3S/c1-7(11(14)15)12-10(13)8-4-3-5-9(6-8)16-2/h3-7H,1-2H3,(H,12,13)(H,14,15). The average Bonchev–Trinajstić information content (AvgIpc) is 2.28. The molecular formula is C11H13NO3S. The van der Waals surface area contributed by atoms with E-state index < -0.39 is 12.0 Å². The zero-order chi connectivity index (χ0) is 12.1. The van der Waals surface area contributed by atoms with E-state index in [1.807, 2.05) is 12.3 Å². The van der Waals surface area contributed by atoms with E-state index in [4.69, 9.17) is 5.11 Å². The first kappa shape index (κ1) is 12.6. The second kappa shape index (κ2) is 5.55. The molecule has 1 amide bonds. The van der Waals surface area contributed by atoms with Gasteiger partial charge in [0.15, 0.2) is 0 Å². The van der Waals surface area contributed by atoms with E-state index in [0.717, 1.165) is 4.90 Å². The van der Waals surface area contributed by atoms with Crippen molar-refractivity contribution in [1.82, 2.24) is 5.32 Å². The number of carboxylic acids is 1.